The third kappa shape index (κ3) is 7.62. The van der Waals surface area contributed by atoms with Gasteiger partial charge in [-0.15, -0.1) is 0 Å². The molecular weight excluding hydrogens is 656 g/mol. The van der Waals surface area contributed by atoms with E-state index in [9.17, 15) is 30.0 Å². The molecule has 242 valence electrons. The number of para-hydroxylation sites is 1. The molecule has 3 heterocycles. The van der Waals surface area contributed by atoms with Crippen molar-refractivity contribution in [3.63, 3.8) is 0 Å². The van der Waals surface area contributed by atoms with E-state index in [1.165, 1.54) is 52.1 Å². The van der Waals surface area contributed by atoms with Crippen LogP contribution in [0, 0.1) is 6.92 Å². The van der Waals surface area contributed by atoms with Crippen molar-refractivity contribution in [2.24, 2.45) is 5.14 Å². The SMILES string of the molecule is CS(=O)(=O)c1ccc(-n2cc(C(F)(F)F)nc2-c2ccccn2)cc1.Cc1ccc(-c2ncnn2-c2ccccc2S(N)(=O)=O)cc1. The highest BCUT2D eigenvalue weighted by molar-refractivity contribution is 7.90. The molecule has 0 unspecified atom stereocenters. The van der Waals surface area contributed by atoms with Crippen molar-refractivity contribution in [1.29, 1.82) is 0 Å². The Bertz CT molecular complexity index is 2240. The fourth-order valence-corrected chi connectivity index (χ4v) is 5.78. The van der Waals surface area contributed by atoms with E-state index in [0.29, 0.717) is 17.2 Å². The number of sulfone groups is 1. The third-order valence-electron chi connectivity index (χ3n) is 6.69. The standard InChI is InChI=1S/C16H12F3N3O2S.C15H14N4O2S/c1-25(23,24)12-7-5-11(6-8-12)22-10-14(16(17,18)19)21-15(22)13-4-2-3-9-20-13;1-11-6-8-12(9-7-11)15-17-10-18-19(15)13-4-2-3-5-14(13)22(16,20)21/h2-10H,1H3;2-10H,1H3,(H2,16,20,21). The number of alkyl halides is 3. The second-order valence-electron chi connectivity index (χ2n) is 10.2. The summed E-state index contributed by atoms with van der Waals surface area (Å²) in [5.74, 6) is 0.566. The molecule has 0 fully saturated rings. The number of imidazole rings is 1. The van der Waals surface area contributed by atoms with Crippen molar-refractivity contribution in [3.05, 3.63) is 121 Å². The zero-order valence-corrected chi connectivity index (χ0v) is 26.4. The van der Waals surface area contributed by atoms with Gasteiger partial charge in [-0.05, 0) is 55.5 Å². The van der Waals surface area contributed by atoms with Crippen LogP contribution in [-0.4, -0.2) is 52.4 Å². The first-order valence-electron chi connectivity index (χ1n) is 13.6. The average Bonchev–Trinajstić information content (AvgIpc) is 3.70. The summed E-state index contributed by atoms with van der Waals surface area (Å²) in [6, 6.07) is 24.5. The molecule has 6 aromatic rings. The van der Waals surface area contributed by atoms with E-state index < -0.39 is 31.7 Å². The first kappa shape index (κ1) is 33.2. The molecule has 0 bridgehead atoms. The van der Waals surface area contributed by atoms with E-state index in [4.69, 9.17) is 5.14 Å². The highest BCUT2D eigenvalue weighted by Gasteiger charge is 2.35. The van der Waals surface area contributed by atoms with Crippen molar-refractivity contribution >= 4 is 19.9 Å². The summed E-state index contributed by atoms with van der Waals surface area (Å²) in [7, 11) is -7.25. The third-order valence-corrected chi connectivity index (χ3v) is 8.78. The largest absolute Gasteiger partial charge is 0.434 e. The molecule has 3 aromatic carbocycles. The Morgan fingerprint density at radius 2 is 1.45 bits per heavy atom. The van der Waals surface area contributed by atoms with E-state index in [0.717, 1.165) is 23.6 Å². The van der Waals surface area contributed by atoms with E-state index in [1.807, 2.05) is 31.2 Å². The summed E-state index contributed by atoms with van der Waals surface area (Å²) in [6.45, 7) is 1.99. The normalized spacial score (nSPS) is 12.0. The Kier molecular flexibility index (Phi) is 9.11. The maximum Gasteiger partial charge on any atom is 0.434 e. The Morgan fingerprint density at radius 1 is 0.787 bits per heavy atom. The molecule has 47 heavy (non-hydrogen) atoms. The molecule has 6 rings (SSSR count). The zero-order chi connectivity index (χ0) is 34.0. The number of aryl methyl sites for hydroxylation is 1. The molecular formula is C31H26F3N7O4S2. The Hall–Kier alpha value is -5.19. The van der Waals surface area contributed by atoms with Crippen molar-refractivity contribution in [1.82, 2.24) is 29.3 Å². The number of nitrogens with two attached hydrogens (primary N) is 1. The quantitative estimate of drug-likeness (QED) is 0.250. The minimum Gasteiger partial charge on any atom is -0.298 e. The molecule has 0 saturated carbocycles. The number of sulfonamides is 1. The number of nitrogens with zero attached hydrogens (tertiary/aromatic N) is 6. The Labute approximate surface area is 268 Å². The monoisotopic (exact) mass is 681 g/mol. The molecule has 0 aliphatic carbocycles. The van der Waals surface area contributed by atoms with Crippen LogP contribution in [0.4, 0.5) is 13.2 Å². The fraction of sp³-hybridized carbons (Fsp3) is 0.0968. The number of hydrogen-bond donors (Lipinski definition) is 1. The van der Waals surface area contributed by atoms with Gasteiger partial charge in [0.2, 0.25) is 10.0 Å². The van der Waals surface area contributed by atoms with Crippen molar-refractivity contribution in [2.45, 2.75) is 22.9 Å². The van der Waals surface area contributed by atoms with Crippen LogP contribution in [0.5, 0.6) is 0 Å². The topological polar surface area (TPSA) is 156 Å². The maximum atomic E-state index is 13.1. The minimum atomic E-state index is -4.61. The van der Waals surface area contributed by atoms with Crippen LogP contribution in [-0.2, 0) is 26.0 Å². The number of rotatable bonds is 6. The van der Waals surface area contributed by atoms with E-state index in [-0.39, 0.29) is 21.3 Å². The molecule has 11 nitrogen and oxygen atoms in total. The summed E-state index contributed by atoms with van der Waals surface area (Å²) >= 11 is 0. The summed E-state index contributed by atoms with van der Waals surface area (Å²) in [5, 5.41) is 9.43. The van der Waals surface area contributed by atoms with Gasteiger partial charge in [-0.25, -0.2) is 36.6 Å². The highest BCUT2D eigenvalue weighted by Crippen LogP contribution is 2.32. The smallest absolute Gasteiger partial charge is 0.298 e. The summed E-state index contributed by atoms with van der Waals surface area (Å²) in [5.41, 5.74) is 1.90. The highest BCUT2D eigenvalue weighted by atomic mass is 32.2. The van der Waals surface area contributed by atoms with Crippen molar-refractivity contribution in [2.75, 3.05) is 6.26 Å². The lowest BCUT2D eigenvalue weighted by atomic mass is 10.1. The molecule has 0 amide bonds. The molecule has 0 spiro atoms. The first-order chi connectivity index (χ1) is 22.1. The van der Waals surface area contributed by atoms with E-state index in [2.05, 4.69) is 20.1 Å². The molecule has 3 aromatic heterocycles. The Balaban J connectivity index is 0.000000186. The zero-order valence-electron chi connectivity index (χ0n) is 24.7. The lowest BCUT2D eigenvalue weighted by molar-refractivity contribution is -0.140. The molecule has 0 radical (unpaired) electrons. The predicted molar refractivity (Wildman–Crippen MR) is 168 cm³/mol. The summed E-state index contributed by atoms with van der Waals surface area (Å²) < 4.78 is 88.5. The molecule has 0 atom stereocenters. The number of primary sulfonamides is 1. The van der Waals surface area contributed by atoms with Crippen molar-refractivity contribution < 1.29 is 30.0 Å². The van der Waals surface area contributed by atoms with E-state index in [1.54, 1.807) is 36.4 Å². The number of aromatic nitrogens is 6. The molecule has 0 aliphatic heterocycles. The van der Waals surface area contributed by atoms with Gasteiger partial charge in [0, 0.05) is 29.9 Å². The van der Waals surface area contributed by atoms with Crippen LogP contribution in [0.2, 0.25) is 0 Å². The maximum absolute atomic E-state index is 13.1. The molecule has 0 aliphatic rings. The number of benzene rings is 3. The van der Waals surface area contributed by atoms with Gasteiger partial charge in [-0.3, -0.25) is 9.55 Å². The molecule has 16 heteroatoms. The minimum absolute atomic E-state index is 0.00821. The van der Waals surface area contributed by atoms with E-state index >= 15 is 0 Å². The average molecular weight is 682 g/mol. The second kappa shape index (κ2) is 12.9. The predicted octanol–water partition coefficient (Wildman–Crippen LogP) is 5.25. The Morgan fingerprint density at radius 3 is 2.04 bits per heavy atom. The van der Waals surface area contributed by atoms with Gasteiger partial charge in [0.05, 0.1) is 10.6 Å². The van der Waals surface area contributed by atoms with Gasteiger partial charge in [0.15, 0.2) is 27.2 Å². The number of halogens is 3. The summed E-state index contributed by atoms with van der Waals surface area (Å²) in [4.78, 5) is 12.0. The van der Waals surface area contributed by atoms with Crippen LogP contribution >= 0.6 is 0 Å². The van der Waals surface area contributed by atoms with Crippen LogP contribution < -0.4 is 5.14 Å². The van der Waals surface area contributed by atoms with Crippen LogP contribution in [0.25, 0.3) is 34.3 Å². The first-order valence-corrected chi connectivity index (χ1v) is 17.0. The summed E-state index contributed by atoms with van der Waals surface area (Å²) in [6.07, 6.45) is 0.144. The number of hydrogen-bond acceptors (Lipinski definition) is 8. The van der Waals surface area contributed by atoms with Gasteiger partial charge in [0.25, 0.3) is 0 Å². The van der Waals surface area contributed by atoms with Gasteiger partial charge < -0.3 is 0 Å². The van der Waals surface area contributed by atoms with Crippen LogP contribution in [0.1, 0.15) is 11.3 Å². The number of pyridine rings is 1. The molecule has 0 saturated heterocycles. The molecule has 2 N–H and O–H groups in total. The van der Waals surface area contributed by atoms with Gasteiger partial charge in [0.1, 0.15) is 16.9 Å². The van der Waals surface area contributed by atoms with Crippen LogP contribution in [0.3, 0.4) is 0 Å². The lowest BCUT2D eigenvalue weighted by Crippen LogP contribution is -2.16. The second-order valence-corrected chi connectivity index (χ2v) is 13.7. The van der Waals surface area contributed by atoms with Crippen molar-refractivity contribution in [3.8, 4) is 34.3 Å². The van der Waals surface area contributed by atoms with Crippen LogP contribution in [0.15, 0.2) is 120 Å². The fourth-order valence-electron chi connectivity index (χ4n) is 4.43. The lowest BCUT2D eigenvalue weighted by Gasteiger charge is -2.10. The van der Waals surface area contributed by atoms with Gasteiger partial charge >= 0.3 is 6.18 Å². The van der Waals surface area contributed by atoms with Gasteiger partial charge in [-0.1, -0.05) is 48.0 Å². The van der Waals surface area contributed by atoms with Gasteiger partial charge in [-0.2, -0.15) is 18.3 Å².